The number of hydrogen-bond donors (Lipinski definition) is 2. The zero-order valence-corrected chi connectivity index (χ0v) is 27.1. The molecule has 0 aliphatic rings. The molecule has 0 rings (SSSR count). The van der Waals surface area contributed by atoms with E-state index in [2.05, 4.69) is 19.6 Å². The molecule has 0 saturated carbocycles. The first kappa shape index (κ1) is 39.7. The van der Waals surface area contributed by atoms with E-state index in [1.807, 2.05) is 0 Å². The summed E-state index contributed by atoms with van der Waals surface area (Å²) in [7, 11) is 0. The third-order valence-corrected chi connectivity index (χ3v) is 9.86. The molecule has 0 saturated heterocycles. The average molecular weight is 550 g/mol. The third-order valence-electron chi connectivity index (χ3n) is 5.49. The summed E-state index contributed by atoms with van der Waals surface area (Å²) in [5.41, 5.74) is 1.18. The van der Waals surface area contributed by atoms with Crippen LogP contribution in [0, 0.1) is 0 Å². The van der Waals surface area contributed by atoms with Crippen LogP contribution in [0.2, 0.25) is 0 Å². The van der Waals surface area contributed by atoms with Gasteiger partial charge in [-0.05, 0) is 18.6 Å². The summed E-state index contributed by atoms with van der Waals surface area (Å²) in [5.74, 6) is 0.884. The summed E-state index contributed by atoms with van der Waals surface area (Å²) < 4.78 is 5.53. The summed E-state index contributed by atoms with van der Waals surface area (Å²) >= 11 is 6.57. The average Bonchev–Trinajstić information content (AvgIpc) is 2.75. The van der Waals surface area contributed by atoms with Crippen LogP contribution in [0.15, 0.2) is 0 Å². The summed E-state index contributed by atoms with van der Waals surface area (Å²) in [6.45, 7) is 5.10. The number of unbranched alkanes of at least 4 members (excludes halogenated alkanes) is 18. The van der Waals surface area contributed by atoms with Gasteiger partial charge in [-0.2, -0.15) is 0 Å². The van der Waals surface area contributed by atoms with Gasteiger partial charge in [0.15, 0.2) is 0 Å². The van der Waals surface area contributed by atoms with E-state index < -0.39 is 11.8 Å². The summed E-state index contributed by atoms with van der Waals surface area (Å²) in [5, 5.41) is 7.19. The number of hydrogen-bond acceptors (Lipinski definition) is 5. The minimum atomic E-state index is -2.85. The van der Waals surface area contributed by atoms with Gasteiger partial charge in [0.05, 0.1) is 6.61 Å². The first-order valence-corrected chi connectivity index (χ1v) is 17.7. The van der Waals surface area contributed by atoms with Gasteiger partial charge in [0.2, 0.25) is 0 Å². The monoisotopic (exact) mass is 549 g/mol. The van der Waals surface area contributed by atoms with Gasteiger partial charge in [-0.1, -0.05) is 141 Å². The maximum atomic E-state index is 12.3. The van der Waals surface area contributed by atoms with Crippen LogP contribution >= 0.6 is 17.1 Å². The van der Waals surface area contributed by atoms with Gasteiger partial charge in [-0.25, -0.2) is 4.79 Å². The number of carboxylic acid groups (broad SMARTS) is 1. The maximum absolute atomic E-state index is 12.3. The van der Waals surface area contributed by atoms with Crippen molar-refractivity contribution in [3.8, 4) is 0 Å². The fourth-order valence-corrected chi connectivity index (χ4v) is 6.95. The van der Waals surface area contributed by atoms with E-state index in [9.17, 15) is 4.89 Å². The molecule has 1 unspecified atom stereocenters. The second-order valence-corrected chi connectivity index (χ2v) is 15.0. The predicted molar refractivity (Wildman–Crippen MR) is 149 cm³/mol. The first-order chi connectivity index (χ1) is 15.9. The SMILES string of the molecule is CCCCCCCCCCCCOP([O-])(=S)SCCCCCCCCCCCC.NC(=O)O.[Na+]. The van der Waals surface area contributed by atoms with Crippen molar-refractivity contribution < 1.29 is 48.9 Å². The zero-order chi connectivity index (χ0) is 25.0. The molecule has 0 aliphatic heterocycles. The second kappa shape index (κ2) is 32.2. The molecule has 200 valence electrons. The molecule has 0 radical (unpaired) electrons. The van der Waals surface area contributed by atoms with Crippen LogP contribution < -0.4 is 40.2 Å². The smallest absolute Gasteiger partial charge is 0.793 e. The van der Waals surface area contributed by atoms with Gasteiger partial charge in [-0.15, -0.1) is 11.4 Å². The van der Waals surface area contributed by atoms with Crippen LogP contribution in [0.4, 0.5) is 4.79 Å². The van der Waals surface area contributed by atoms with E-state index in [0.717, 1.165) is 18.6 Å². The molecule has 0 fully saturated rings. The first-order valence-electron chi connectivity index (χ1n) is 13.4. The molecule has 34 heavy (non-hydrogen) atoms. The fraction of sp³-hybridized carbons (Fsp3) is 0.960. The second-order valence-electron chi connectivity index (χ2n) is 8.82. The largest absolute Gasteiger partial charge is 1.00 e. The van der Waals surface area contributed by atoms with Gasteiger partial charge in [-0.3, -0.25) is 0 Å². The Kier molecular flexibility index (Phi) is 37.6. The molecule has 0 aromatic rings. The van der Waals surface area contributed by atoms with Gasteiger partial charge < -0.3 is 20.3 Å². The fourth-order valence-electron chi connectivity index (χ4n) is 3.57. The van der Waals surface area contributed by atoms with E-state index in [-0.39, 0.29) is 29.6 Å². The molecule has 0 spiro atoms. The zero-order valence-electron chi connectivity index (χ0n) is 22.6. The van der Waals surface area contributed by atoms with E-state index in [1.165, 1.54) is 127 Å². The van der Waals surface area contributed by atoms with Crippen molar-refractivity contribution in [1.82, 2.24) is 0 Å². The predicted octanol–water partition coefficient (Wildman–Crippen LogP) is 5.79. The Morgan fingerprint density at radius 2 is 1.06 bits per heavy atom. The molecular weight excluding hydrogens is 496 g/mol. The Labute approximate surface area is 242 Å². The van der Waals surface area contributed by atoms with Gasteiger partial charge in [0.1, 0.15) is 0 Å². The van der Waals surface area contributed by atoms with Gasteiger partial charge in [0, 0.05) is 5.69 Å². The standard InChI is InChI=1S/C24H51O2PS2.CH3NO2.Na/c1-3-5-7-9-11-13-15-17-19-21-23-26-27(25,28)29-24-22-20-18-16-14-12-10-8-6-4-2;2-1(3)4;/h3-24H2,1-2H3,(H,25,28);2H2,(H,3,4);/q;;+1/p-1. The molecule has 9 heteroatoms. The number of primary amides is 1. The van der Waals surface area contributed by atoms with Crippen LogP contribution in [0.5, 0.6) is 0 Å². The molecule has 1 atom stereocenters. The number of rotatable bonds is 24. The van der Waals surface area contributed by atoms with Gasteiger partial charge in [0.25, 0.3) is 0 Å². The summed E-state index contributed by atoms with van der Waals surface area (Å²) in [6, 6.07) is 0. The van der Waals surface area contributed by atoms with Crippen molar-refractivity contribution in [3.63, 3.8) is 0 Å². The quantitative estimate of drug-likeness (QED) is 0.0899. The molecule has 0 aliphatic carbocycles. The Morgan fingerprint density at radius 3 is 1.41 bits per heavy atom. The number of amides is 1. The van der Waals surface area contributed by atoms with E-state index in [1.54, 1.807) is 0 Å². The summed E-state index contributed by atoms with van der Waals surface area (Å²) in [4.78, 5) is 21.1. The van der Waals surface area contributed by atoms with Crippen molar-refractivity contribution in [2.45, 2.75) is 142 Å². The molecule has 3 N–H and O–H groups in total. The summed E-state index contributed by atoms with van der Waals surface area (Å²) in [6.07, 6.45) is 25.0. The van der Waals surface area contributed by atoms with Crippen molar-refractivity contribution in [3.05, 3.63) is 0 Å². The van der Waals surface area contributed by atoms with Crippen molar-refractivity contribution in [2.24, 2.45) is 5.73 Å². The Bertz CT molecular complexity index is 429. The van der Waals surface area contributed by atoms with E-state index in [4.69, 9.17) is 26.2 Å². The molecule has 5 nitrogen and oxygen atoms in total. The number of carbonyl (C=O) groups is 1. The van der Waals surface area contributed by atoms with Crippen LogP contribution in [0.3, 0.4) is 0 Å². The van der Waals surface area contributed by atoms with Gasteiger partial charge >= 0.3 is 35.7 Å². The molecule has 0 aromatic carbocycles. The molecular formula is C25H53NNaO4PS2. The van der Waals surface area contributed by atoms with Crippen molar-refractivity contribution in [2.75, 3.05) is 12.4 Å². The van der Waals surface area contributed by atoms with E-state index >= 15 is 0 Å². The van der Waals surface area contributed by atoms with Crippen LogP contribution in [-0.4, -0.2) is 23.6 Å². The normalized spacial score (nSPS) is 12.3. The molecule has 0 heterocycles. The molecule has 1 amide bonds. The Balaban J connectivity index is -0.00000177. The minimum absolute atomic E-state index is 0. The minimum Gasteiger partial charge on any atom is -0.793 e. The van der Waals surface area contributed by atoms with Crippen LogP contribution in [0.1, 0.15) is 142 Å². The molecule has 0 aromatic heterocycles. The van der Waals surface area contributed by atoms with Crippen LogP contribution in [-0.2, 0) is 16.3 Å². The third kappa shape index (κ3) is 40.4. The Hall–Kier alpha value is 1.19. The Morgan fingerprint density at radius 1 is 0.765 bits per heavy atom. The van der Waals surface area contributed by atoms with Crippen molar-refractivity contribution in [1.29, 1.82) is 0 Å². The molecule has 0 bridgehead atoms. The van der Waals surface area contributed by atoms with E-state index in [0.29, 0.717) is 6.61 Å². The van der Waals surface area contributed by atoms with Crippen LogP contribution in [0.25, 0.3) is 0 Å². The topological polar surface area (TPSA) is 95.6 Å². The number of nitrogens with two attached hydrogens (primary N) is 1. The maximum Gasteiger partial charge on any atom is 1.00 e. The van der Waals surface area contributed by atoms with Crippen molar-refractivity contribution >= 4 is 35.0 Å².